The van der Waals surface area contributed by atoms with Crippen LogP contribution in [-0.4, -0.2) is 40.8 Å². The summed E-state index contributed by atoms with van der Waals surface area (Å²) in [5.74, 6) is 0.187. The van der Waals surface area contributed by atoms with Crippen LogP contribution in [0.3, 0.4) is 0 Å². The summed E-state index contributed by atoms with van der Waals surface area (Å²) in [5, 5.41) is 1.07. The second-order valence-corrected chi connectivity index (χ2v) is 9.49. The van der Waals surface area contributed by atoms with Crippen LogP contribution in [0.25, 0.3) is 10.9 Å². The largest absolute Gasteiger partial charge is 0.444 e. The number of carbonyl (C=O) groups excluding carboxylic acids is 2. The molecule has 0 radical (unpaired) electrons. The number of carbonyl (C=O) groups is 2. The summed E-state index contributed by atoms with van der Waals surface area (Å²) in [7, 11) is 0. The first-order chi connectivity index (χ1) is 16.2. The van der Waals surface area contributed by atoms with Crippen LogP contribution >= 0.6 is 0 Å². The normalized spacial score (nSPS) is 24.5. The predicted molar refractivity (Wildman–Crippen MR) is 124 cm³/mol. The molecule has 170 valence electrons. The lowest BCUT2D eigenvalue weighted by atomic mass is 9.73. The summed E-state index contributed by atoms with van der Waals surface area (Å²) in [5.41, 5.74) is 3.99. The highest BCUT2D eigenvalue weighted by Crippen LogP contribution is 2.49. The summed E-state index contributed by atoms with van der Waals surface area (Å²) in [6.07, 6.45) is 4.32. The van der Waals surface area contributed by atoms with E-state index >= 15 is 0 Å². The van der Waals surface area contributed by atoms with Gasteiger partial charge in [-0.05, 0) is 49.3 Å². The molecule has 0 aliphatic carbocycles. The molecule has 2 bridgehead atoms. The van der Waals surface area contributed by atoms with Crippen LogP contribution in [0.2, 0.25) is 0 Å². The lowest BCUT2D eigenvalue weighted by molar-refractivity contribution is -0.160. The van der Waals surface area contributed by atoms with Crippen molar-refractivity contribution in [3.05, 3.63) is 71.4 Å². The Labute approximate surface area is 193 Å². The minimum Gasteiger partial charge on any atom is -0.444 e. The van der Waals surface area contributed by atoms with Gasteiger partial charge in [-0.25, -0.2) is 9.36 Å². The van der Waals surface area contributed by atoms with E-state index in [-0.39, 0.29) is 30.3 Å². The zero-order valence-electron chi connectivity index (χ0n) is 18.7. The van der Waals surface area contributed by atoms with Gasteiger partial charge in [0.15, 0.2) is 0 Å². The Morgan fingerprint density at radius 2 is 1.79 bits per heavy atom. The van der Waals surface area contributed by atoms with Gasteiger partial charge < -0.3 is 14.4 Å². The minimum atomic E-state index is -0.341. The molecule has 1 amide bonds. The molecule has 6 nitrogen and oxygen atoms in total. The van der Waals surface area contributed by atoms with Crippen molar-refractivity contribution in [2.24, 2.45) is 5.41 Å². The molecule has 4 heterocycles. The van der Waals surface area contributed by atoms with Crippen molar-refractivity contribution in [1.82, 2.24) is 9.47 Å². The minimum absolute atomic E-state index is 0.0231. The van der Waals surface area contributed by atoms with E-state index in [0.29, 0.717) is 26.0 Å². The number of rotatable bonds is 2. The maximum Gasteiger partial charge on any atom is 0.419 e. The molecule has 2 saturated heterocycles. The van der Waals surface area contributed by atoms with Crippen LogP contribution in [0.1, 0.15) is 42.5 Å². The fraction of sp³-hybridized carbons (Fsp3) is 0.407. The molecule has 6 rings (SSSR count). The maximum absolute atomic E-state index is 13.4. The molecule has 0 N–H and O–H groups in total. The van der Waals surface area contributed by atoms with E-state index in [0.717, 1.165) is 53.4 Å². The summed E-state index contributed by atoms with van der Waals surface area (Å²) in [6, 6.07) is 17.8. The van der Waals surface area contributed by atoms with Gasteiger partial charge >= 0.3 is 6.09 Å². The molecule has 3 aromatic rings. The molecule has 2 aromatic carbocycles. The number of para-hydroxylation sites is 1. The Kier molecular flexibility index (Phi) is 4.98. The van der Waals surface area contributed by atoms with Gasteiger partial charge in [0.25, 0.3) is 0 Å². The third-order valence-electron chi connectivity index (χ3n) is 7.78. The number of hydrogen-bond donors (Lipinski definition) is 0. The van der Waals surface area contributed by atoms with Crippen LogP contribution in [0, 0.1) is 5.41 Å². The quantitative estimate of drug-likeness (QED) is 0.576. The summed E-state index contributed by atoms with van der Waals surface area (Å²) in [4.78, 5) is 28.2. The van der Waals surface area contributed by atoms with Gasteiger partial charge in [0, 0.05) is 36.1 Å². The third-order valence-corrected chi connectivity index (χ3v) is 7.78. The van der Waals surface area contributed by atoms with E-state index in [1.807, 2.05) is 53.4 Å². The first kappa shape index (κ1) is 20.5. The van der Waals surface area contributed by atoms with Crippen molar-refractivity contribution in [1.29, 1.82) is 0 Å². The zero-order valence-corrected chi connectivity index (χ0v) is 18.7. The first-order valence-corrected chi connectivity index (χ1v) is 11.9. The average molecular weight is 445 g/mol. The number of nitrogens with zero attached hydrogens (tertiary/aromatic N) is 2. The standard InChI is InChI=1S/C27H28N2O4/c30-24-11-14-27-13-10-23-21(12-16-28(24)25(27)32-17-15-27)20-8-4-5-9-22(20)29(23)26(31)33-18-19-6-2-1-3-7-19/h1-9,25H,10-18H2/t25?,27-/m0/s1. The Bertz CT molecular complexity index is 1220. The van der Waals surface area contributed by atoms with E-state index in [1.165, 1.54) is 0 Å². The molecular formula is C27H28N2O4. The fourth-order valence-corrected chi connectivity index (χ4v) is 6.08. The van der Waals surface area contributed by atoms with Gasteiger partial charge in [-0.2, -0.15) is 0 Å². The van der Waals surface area contributed by atoms with Crippen LogP contribution in [-0.2, 0) is 33.7 Å². The monoisotopic (exact) mass is 444 g/mol. The Balaban J connectivity index is 1.40. The maximum atomic E-state index is 13.4. The van der Waals surface area contributed by atoms with E-state index in [1.54, 1.807) is 4.57 Å². The van der Waals surface area contributed by atoms with Gasteiger partial charge in [-0.1, -0.05) is 48.5 Å². The van der Waals surface area contributed by atoms with Gasteiger partial charge in [0.2, 0.25) is 5.91 Å². The molecule has 2 atom stereocenters. The lowest BCUT2D eigenvalue weighted by Crippen LogP contribution is -2.53. The molecule has 1 unspecified atom stereocenters. The molecule has 3 aliphatic heterocycles. The van der Waals surface area contributed by atoms with Gasteiger partial charge in [0.05, 0.1) is 5.52 Å². The van der Waals surface area contributed by atoms with Crippen molar-refractivity contribution in [3.63, 3.8) is 0 Å². The van der Waals surface area contributed by atoms with E-state index < -0.39 is 0 Å². The Morgan fingerprint density at radius 3 is 2.67 bits per heavy atom. The van der Waals surface area contributed by atoms with Crippen molar-refractivity contribution in [2.75, 3.05) is 13.2 Å². The average Bonchev–Trinajstić information content (AvgIpc) is 3.41. The number of fused-ring (bicyclic) bond motifs is 3. The van der Waals surface area contributed by atoms with E-state index in [2.05, 4.69) is 6.07 Å². The predicted octanol–water partition coefficient (Wildman–Crippen LogP) is 4.67. The summed E-state index contributed by atoms with van der Waals surface area (Å²) < 4.78 is 13.7. The topological polar surface area (TPSA) is 60.8 Å². The van der Waals surface area contributed by atoms with E-state index in [9.17, 15) is 9.59 Å². The van der Waals surface area contributed by atoms with Gasteiger partial charge in [0.1, 0.15) is 12.8 Å². The summed E-state index contributed by atoms with van der Waals surface area (Å²) in [6.45, 7) is 1.55. The van der Waals surface area contributed by atoms with Crippen molar-refractivity contribution in [3.8, 4) is 0 Å². The molecule has 0 saturated carbocycles. The number of benzene rings is 2. The van der Waals surface area contributed by atoms with Crippen LogP contribution in [0.4, 0.5) is 4.79 Å². The fourth-order valence-electron chi connectivity index (χ4n) is 6.08. The molecule has 33 heavy (non-hydrogen) atoms. The number of amides is 1. The SMILES string of the molecule is O=C1CC[C@@]23CCOC2N1CCc1c(n(C(=O)OCc2ccccc2)c2ccccc12)CC3. The van der Waals surface area contributed by atoms with Crippen LogP contribution in [0.15, 0.2) is 54.6 Å². The molecule has 0 spiro atoms. The number of piperidine rings is 1. The number of ether oxygens (including phenoxy) is 2. The molecule has 1 aromatic heterocycles. The van der Waals surface area contributed by atoms with Crippen LogP contribution < -0.4 is 0 Å². The lowest BCUT2D eigenvalue weighted by Gasteiger charge is -2.44. The molecule has 3 aliphatic rings. The highest BCUT2D eigenvalue weighted by molar-refractivity contribution is 5.94. The van der Waals surface area contributed by atoms with Crippen LogP contribution in [0.5, 0.6) is 0 Å². The highest BCUT2D eigenvalue weighted by Gasteiger charge is 2.51. The smallest absolute Gasteiger partial charge is 0.419 e. The van der Waals surface area contributed by atoms with Crippen molar-refractivity contribution in [2.45, 2.75) is 51.4 Å². The van der Waals surface area contributed by atoms with Gasteiger partial charge in [-0.3, -0.25) is 4.79 Å². The third kappa shape index (κ3) is 3.35. The number of aromatic nitrogens is 1. The summed E-state index contributed by atoms with van der Waals surface area (Å²) >= 11 is 0. The van der Waals surface area contributed by atoms with Crippen molar-refractivity contribution < 1.29 is 19.1 Å². The molecule has 2 fully saturated rings. The van der Waals surface area contributed by atoms with Crippen molar-refractivity contribution >= 4 is 22.9 Å². The Hall–Kier alpha value is -3.12. The second kappa shape index (κ2) is 8.03. The number of hydrogen-bond acceptors (Lipinski definition) is 4. The Morgan fingerprint density at radius 1 is 1.00 bits per heavy atom. The first-order valence-electron chi connectivity index (χ1n) is 11.9. The van der Waals surface area contributed by atoms with E-state index in [4.69, 9.17) is 9.47 Å². The highest BCUT2D eigenvalue weighted by atomic mass is 16.5. The molecular weight excluding hydrogens is 416 g/mol. The zero-order chi connectivity index (χ0) is 22.4. The van der Waals surface area contributed by atoms with Gasteiger partial charge in [-0.15, -0.1) is 0 Å². The molecule has 6 heteroatoms. The second-order valence-electron chi connectivity index (χ2n) is 9.49.